The predicted molar refractivity (Wildman–Crippen MR) is 128 cm³/mol. The Labute approximate surface area is 201 Å². The summed E-state index contributed by atoms with van der Waals surface area (Å²) in [4.78, 5) is 24.3. The highest BCUT2D eigenvalue weighted by molar-refractivity contribution is 6.30. The minimum absolute atomic E-state index is 0.0197. The number of fused-ring (bicyclic) bond motifs is 1. The summed E-state index contributed by atoms with van der Waals surface area (Å²) in [6, 6.07) is 9.59. The van der Waals surface area contributed by atoms with E-state index in [4.69, 9.17) is 21.4 Å². The molecule has 0 unspecified atom stereocenters. The molecular formula is C26H27ClFNO5. The van der Waals surface area contributed by atoms with Crippen LogP contribution >= 0.6 is 11.6 Å². The smallest absolute Gasteiger partial charge is 0.449 e. The van der Waals surface area contributed by atoms with Crippen LogP contribution in [0.5, 0.6) is 5.75 Å². The molecule has 1 heterocycles. The minimum Gasteiger partial charge on any atom is -0.449 e. The molecule has 0 spiro atoms. The molecule has 0 amide bonds. The summed E-state index contributed by atoms with van der Waals surface area (Å²) in [5.74, 6) is -0.389. The number of ether oxygens (including phenoxy) is 1. The maximum atomic E-state index is 14.4. The van der Waals surface area contributed by atoms with E-state index in [1.165, 1.54) is 18.7 Å². The van der Waals surface area contributed by atoms with Gasteiger partial charge in [0.25, 0.3) is 0 Å². The van der Waals surface area contributed by atoms with Gasteiger partial charge in [-0.25, -0.2) is 9.18 Å². The second-order valence-corrected chi connectivity index (χ2v) is 9.32. The normalized spacial score (nSPS) is 15.4. The Kier molecular flexibility index (Phi) is 7.54. The molecule has 2 N–H and O–H groups in total. The number of hydrogen-bond acceptors (Lipinski definition) is 4. The molecule has 1 aliphatic carbocycles. The quantitative estimate of drug-likeness (QED) is 0.402. The minimum atomic E-state index is -1.59. The number of aliphatic hydroxyl groups excluding tert-OH is 1. The van der Waals surface area contributed by atoms with E-state index in [0.717, 1.165) is 32.1 Å². The summed E-state index contributed by atoms with van der Waals surface area (Å²) in [6.45, 7) is -0.156. The van der Waals surface area contributed by atoms with Gasteiger partial charge < -0.3 is 19.5 Å². The molecule has 0 bridgehead atoms. The van der Waals surface area contributed by atoms with Gasteiger partial charge in [0, 0.05) is 11.8 Å². The van der Waals surface area contributed by atoms with Crippen molar-refractivity contribution in [2.45, 2.75) is 51.0 Å². The van der Waals surface area contributed by atoms with E-state index in [-0.39, 0.29) is 35.2 Å². The van der Waals surface area contributed by atoms with Crippen LogP contribution in [-0.2, 0) is 6.42 Å². The largest absolute Gasteiger partial charge is 0.511 e. The Balaban J connectivity index is 1.78. The highest BCUT2D eigenvalue weighted by Crippen LogP contribution is 2.33. The van der Waals surface area contributed by atoms with Crippen LogP contribution < -0.4 is 10.2 Å². The van der Waals surface area contributed by atoms with Gasteiger partial charge in [0.1, 0.15) is 5.82 Å². The van der Waals surface area contributed by atoms with Crippen molar-refractivity contribution in [2.24, 2.45) is 5.92 Å². The fourth-order valence-electron chi connectivity index (χ4n) is 4.94. The van der Waals surface area contributed by atoms with Crippen LogP contribution in [0.15, 0.2) is 47.4 Å². The Morgan fingerprint density at radius 3 is 2.68 bits per heavy atom. The molecule has 2 aromatic carbocycles. The van der Waals surface area contributed by atoms with Crippen LogP contribution in [-0.4, -0.2) is 27.5 Å². The van der Waals surface area contributed by atoms with Crippen molar-refractivity contribution >= 4 is 28.7 Å². The van der Waals surface area contributed by atoms with E-state index < -0.39 is 17.4 Å². The molecule has 6 nitrogen and oxygen atoms in total. The molecule has 34 heavy (non-hydrogen) atoms. The zero-order valence-electron chi connectivity index (χ0n) is 18.7. The van der Waals surface area contributed by atoms with E-state index in [2.05, 4.69) is 0 Å². The van der Waals surface area contributed by atoms with Gasteiger partial charge in [0.15, 0.2) is 5.75 Å². The van der Waals surface area contributed by atoms with Gasteiger partial charge in [-0.3, -0.25) is 4.79 Å². The van der Waals surface area contributed by atoms with Crippen LogP contribution in [0.4, 0.5) is 9.18 Å². The van der Waals surface area contributed by atoms with E-state index in [1.54, 1.807) is 34.9 Å². The van der Waals surface area contributed by atoms with Crippen molar-refractivity contribution in [3.05, 3.63) is 74.8 Å². The number of carbonyl (C=O) groups is 1. The zero-order valence-corrected chi connectivity index (χ0v) is 19.4. The number of hydrogen-bond donors (Lipinski definition) is 2. The topological polar surface area (TPSA) is 88.8 Å². The monoisotopic (exact) mass is 487 g/mol. The van der Waals surface area contributed by atoms with Gasteiger partial charge in [0.05, 0.1) is 29.4 Å². The van der Waals surface area contributed by atoms with Gasteiger partial charge >= 0.3 is 6.16 Å². The molecule has 0 radical (unpaired) electrons. The van der Waals surface area contributed by atoms with Crippen LogP contribution in [0.1, 0.15) is 55.7 Å². The first-order valence-corrected chi connectivity index (χ1v) is 11.9. The number of halogens is 2. The van der Waals surface area contributed by atoms with Gasteiger partial charge in [-0.1, -0.05) is 61.9 Å². The number of carboxylic acid groups (broad SMARTS) is 1. The van der Waals surface area contributed by atoms with Crippen LogP contribution in [0, 0.1) is 11.7 Å². The summed E-state index contributed by atoms with van der Waals surface area (Å²) in [7, 11) is 0. The number of nitrogens with zero attached hydrogens (tertiary/aromatic N) is 1. The number of rotatable bonds is 7. The van der Waals surface area contributed by atoms with Crippen molar-refractivity contribution in [3.8, 4) is 5.75 Å². The highest BCUT2D eigenvalue weighted by Gasteiger charge is 2.23. The Morgan fingerprint density at radius 2 is 1.97 bits per heavy atom. The van der Waals surface area contributed by atoms with E-state index in [0.29, 0.717) is 22.6 Å². The molecule has 1 aromatic heterocycles. The van der Waals surface area contributed by atoms with Crippen molar-refractivity contribution in [1.82, 2.24) is 4.57 Å². The molecule has 0 aliphatic heterocycles. The first kappa shape index (κ1) is 24.2. The number of aliphatic hydroxyl groups is 1. The van der Waals surface area contributed by atoms with Crippen molar-refractivity contribution < 1.29 is 24.1 Å². The number of benzene rings is 2. The van der Waals surface area contributed by atoms with Crippen molar-refractivity contribution in [3.63, 3.8) is 0 Å². The molecular weight excluding hydrogens is 461 g/mol. The van der Waals surface area contributed by atoms with Gasteiger partial charge in [-0.05, 0) is 41.7 Å². The lowest BCUT2D eigenvalue weighted by molar-refractivity contribution is 0.143. The lowest BCUT2D eigenvalue weighted by Gasteiger charge is -2.28. The standard InChI is InChI=1S/C26H27ClFNO5/c27-21-8-4-7-18(24(21)28)11-17-9-10-22-20(13-17)25(31)23(34-26(32)33)14-29(22)19(15-30)12-16-5-2-1-3-6-16/h4,7-10,13-14,16,19,30H,1-3,5-6,11-12,15H2,(H,32,33)/t19-/m0/s1. The maximum absolute atomic E-state index is 14.4. The molecule has 1 atom stereocenters. The first-order chi connectivity index (χ1) is 16.4. The molecule has 4 rings (SSSR count). The van der Waals surface area contributed by atoms with Gasteiger partial charge in [-0.2, -0.15) is 0 Å². The predicted octanol–water partition coefficient (Wildman–Crippen LogP) is 5.95. The third-order valence-corrected chi connectivity index (χ3v) is 6.91. The third-order valence-electron chi connectivity index (χ3n) is 6.62. The second kappa shape index (κ2) is 10.6. The molecule has 8 heteroatoms. The average Bonchev–Trinajstić information content (AvgIpc) is 2.83. The molecule has 180 valence electrons. The number of aromatic nitrogens is 1. The Morgan fingerprint density at radius 1 is 1.21 bits per heavy atom. The first-order valence-electron chi connectivity index (χ1n) is 11.5. The van der Waals surface area contributed by atoms with Crippen molar-refractivity contribution in [2.75, 3.05) is 6.61 Å². The Bertz CT molecular complexity index is 1250. The van der Waals surface area contributed by atoms with E-state index >= 15 is 0 Å². The zero-order chi connectivity index (χ0) is 24.2. The summed E-state index contributed by atoms with van der Waals surface area (Å²) < 4.78 is 21.0. The number of pyridine rings is 1. The van der Waals surface area contributed by atoms with Crippen molar-refractivity contribution in [1.29, 1.82) is 0 Å². The average molecular weight is 488 g/mol. The second-order valence-electron chi connectivity index (χ2n) is 8.92. The third kappa shape index (κ3) is 5.26. The summed E-state index contributed by atoms with van der Waals surface area (Å²) in [6.07, 6.45) is 6.41. The van der Waals surface area contributed by atoms with E-state index in [1.807, 2.05) is 0 Å². The molecule has 0 saturated heterocycles. The molecule has 3 aromatic rings. The maximum Gasteiger partial charge on any atom is 0.511 e. The van der Waals surface area contributed by atoms with Gasteiger partial charge in [-0.15, -0.1) is 0 Å². The van der Waals surface area contributed by atoms with Crippen LogP contribution in [0.3, 0.4) is 0 Å². The summed E-state index contributed by atoms with van der Waals surface area (Å²) in [5.41, 5.74) is 1.04. The SMILES string of the molecule is O=C(O)Oc1cn([C@H](CO)CC2CCCCC2)c2ccc(Cc3cccc(Cl)c3F)cc2c1=O. The Hall–Kier alpha value is -2.90. The fraction of sp³-hybridized carbons (Fsp3) is 0.385. The lowest BCUT2D eigenvalue weighted by Crippen LogP contribution is -2.23. The lowest BCUT2D eigenvalue weighted by atomic mass is 9.85. The summed E-state index contributed by atoms with van der Waals surface area (Å²) in [5, 5.41) is 19.6. The van der Waals surface area contributed by atoms with Gasteiger partial charge in [0.2, 0.25) is 5.43 Å². The van der Waals surface area contributed by atoms with Crippen LogP contribution in [0.25, 0.3) is 10.9 Å². The van der Waals surface area contributed by atoms with Crippen LogP contribution in [0.2, 0.25) is 5.02 Å². The fourth-order valence-corrected chi connectivity index (χ4v) is 5.14. The van der Waals surface area contributed by atoms with E-state index in [9.17, 15) is 19.1 Å². The molecule has 1 fully saturated rings. The molecule has 1 saturated carbocycles. The summed E-state index contributed by atoms with van der Waals surface area (Å²) >= 11 is 5.90. The molecule has 1 aliphatic rings. The highest BCUT2D eigenvalue weighted by atomic mass is 35.5.